The average molecular weight is 377 g/mol. The number of aromatic nitrogens is 4. The first-order valence-corrected chi connectivity index (χ1v) is 9.31. The number of thiazole rings is 1. The molecule has 0 aliphatic heterocycles. The first-order chi connectivity index (χ1) is 13.3. The Morgan fingerprint density at radius 3 is 2.74 bits per heavy atom. The summed E-state index contributed by atoms with van der Waals surface area (Å²) >= 11 is 1.63. The Morgan fingerprint density at radius 1 is 1.00 bits per heavy atom. The van der Waals surface area contributed by atoms with Gasteiger partial charge < -0.3 is 5.32 Å². The van der Waals surface area contributed by atoms with Crippen LogP contribution in [0.4, 0.5) is 10.3 Å². The summed E-state index contributed by atoms with van der Waals surface area (Å²) in [6.45, 7) is 0.500. The fourth-order valence-electron chi connectivity index (χ4n) is 2.62. The molecule has 27 heavy (non-hydrogen) atoms. The molecule has 2 aromatic carbocycles. The van der Waals surface area contributed by atoms with Gasteiger partial charge in [-0.15, -0.1) is 16.4 Å². The molecule has 134 valence electrons. The summed E-state index contributed by atoms with van der Waals surface area (Å²) in [6, 6.07) is 16.5. The van der Waals surface area contributed by atoms with Crippen molar-refractivity contribution in [1.29, 1.82) is 0 Å². The van der Waals surface area contributed by atoms with E-state index in [1.54, 1.807) is 23.5 Å². The molecule has 4 aromatic rings. The minimum absolute atomic E-state index is 0.311. The maximum Gasteiger partial charge on any atom is 0.243 e. The van der Waals surface area contributed by atoms with Gasteiger partial charge in [0.2, 0.25) is 5.95 Å². The lowest BCUT2D eigenvalue weighted by Crippen LogP contribution is -2.05. The number of benzene rings is 2. The summed E-state index contributed by atoms with van der Waals surface area (Å²) < 4.78 is 13.4. The van der Waals surface area contributed by atoms with Gasteiger partial charge in [-0.2, -0.15) is 5.10 Å². The van der Waals surface area contributed by atoms with Crippen LogP contribution in [0.15, 0.2) is 66.2 Å². The highest BCUT2D eigenvalue weighted by molar-refractivity contribution is 7.09. The molecule has 0 aliphatic carbocycles. The molecule has 0 unspecified atom stereocenters. The Labute approximate surface area is 160 Å². The highest BCUT2D eigenvalue weighted by Gasteiger charge is 2.07. The van der Waals surface area contributed by atoms with Crippen LogP contribution in [0.2, 0.25) is 0 Å². The molecule has 7 heteroatoms. The predicted molar refractivity (Wildman–Crippen MR) is 104 cm³/mol. The standard InChI is InChI=1S/C20H16FN5S/c21-16-8-4-7-15(10-16)18-12-23-26-20(25-18)22-11-17-13-27-19(24-17)9-14-5-2-1-3-6-14/h1-8,10,12-13H,9,11H2,(H,22,25,26). The van der Waals surface area contributed by atoms with Crippen molar-refractivity contribution >= 4 is 17.3 Å². The Bertz CT molecular complexity index is 1040. The van der Waals surface area contributed by atoms with Gasteiger partial charge in [0.15, 0.2) is 0 Å². The van der Waals surface area contributed by atoms with Gasteiger partial charge >= 0.3 is 0 Å². The number of hydrogen-bond acceptors (Lipinski definition) is 6. The van der Waals surface area contributed by atoms with Crippen LogP contribution in [0.1, 0.15) is 16.3 Å². The van der Waals surface area contributed by atoms with E-state index >= 15 is 0 Å². The molecule has 0 fully saturated rings. The third kappa shape index (κ3) is 4.51. The second kappa shape index (κ2) is 8.01. The SMILES string of the molecule is Fc1cccc(-c2cnnc(NCc3csc(Cc4ccccc4)n3)n2)c1. The molecule has 0 bridgehead atoms. The average Bonchev–Trinajstić information content (AvgIpc) is 3.15. The molecule has 0 saturated heterocycles. The van der Waals surface area contributed by atoms with Gasteiger partial charge in [0.05, 0.1) is 29.1 Å². The number of halogens is 1. The van der Waals surface area contributed by atoms with Crippen molar-refractivity contribution < 1.29 is 4.39 Å². The summed E-state index contributed by atoms with van der Waals surface area (Å²) in [5.74, 6) is 0.0726. The van der Waals surface area contributed by atoms with E-state index in [4.69, 9.17) is 0 Å². The Balaban J connectivity index is 1.41. The Morgan fingerprint density at radius 2 is 1.89 bits per heavy atom. The van der Waals surface area contributed by atoms with Crippen LogP contribution >= 0.6 is 11.3 Å². The maximum absolute atomic E-state index is 13.4. The van der Waals surface area contributed by atoms with Crippen LogP contribution < -0.4 is 5.32 Å². The van der Waals surface area contributed by atoms with E-state index in [-0.39, 0.29) is 5.82 Å². The minimum Gasteiger partial charge on any atom is -0.347 e. The van der Waals surface area contributed by atoms with E-state index < -0.39 is 0 Å². The molecule has 0 spiro atoms. The van der Waals surface area contributed by atoms with E-state index in [0.717, 1.165) is 17.1 Å². The zero-order chi connectivity index (χ0) is 18.5. The largest absolute Gasteiger partial charge is 0.347 e. The first kappa shape index (κ1) is 17.2. The lowest BCUT2D eigenvalue weighted by atomic mass is 10.2. The van der Waals surface area contributed by atoms with E-state index in [0.29, 0.717) is 23.8 Å². The van der Waals surface area contributed by atoms with Crippen molar-refractivity contribution in [3.8, 4) is 11.3 Å². The van der Waals surface area contributed by atoms with E-state index in [1.807, 2.05) is 23.6 Å². The van der Waals surface area contributed by atoms with Gasteiger partial charge in [0, 0.05) is 17.4 Å². The third-order valence-electron chi connectivity index (χ3n) is 3.90. The second-order valence-electron chi connectivity index (χ2n) is 5.92. The van der Waals surface area contributed by atoms with Crippen LogP contribution in [0, 0.1) is 5.82 Å². The molecule has 4 rings (SSSR count). The van der Waals surface area contributed by atoms with Crippen molar-refractivity contribution in [3.63, 3.8) is 0 Å². The molecule has 0 amide bonds. The quantitative estimate of drug-likeness (QED) is 0.542. The molecule has 2 aromatic heterocycles. The fourth-order valence-corrected chi connectivity index (χ4v) is 3.44. The molecule has 1 N–H and O–H groups in total. The van der Waals surface area contributed by atoms with Crippen molar-refractivity contribution in [2.75, 3.05) is 5.32 Å². The smallest absolute Gasteiger partial charge is 0.243 e. The van der Waals surface area contributed by atoms with Crippen LogP contribution in [0.5, 0.6) is 0 Å². The number of nitrogens with zero attached hydrogens (tertiary/aromatic N) is 4. The maximum atomic E-state index is 13.4. The summed E-state index contributed by atoms with van der Waals surface area (Å²) in [4.78, 5) is 9.04. The first-order valence-electron chi connectivity index (χ1n) is 8.43. The third-order valence-corrected chi connectivity index (χ3v) is 4.80. The fraction of sp³-hybridized carbons (Fsp3) is 0.100. The Kier molecular flexibility index (Phi) is 5.11. The van der Waals surface area contributed by atoms with Gasteiger partial charge in [-0.25, -0.2) is 14.4 Å². The zero-order valence-corrected chi connectivity index (χ0v) is 15.2. The normalized spacial score (nSPS) is 10.7. The van der Waals surface area contributed by atoms with Gasteiger partial charge in [0.25, 0.3) is 0 Å². The highest BCUT2D eigenvalue weighted by atomic mass is 32.1. The lowest BCUT2D eigenvalue weighted by Gasteiger charge is -2.04. The molecule has 0 atom stereocenters. The molecular weight excluding hydrogens is 361 g/mol. The summed E-state index contributed by atoms with van der Waals surface area (Å²) in [7, 11) is 0. The number of hydrogen-bond donors (Lipinski definition) is 1. The monoisotopic (exact) mass is 377 g/mol. The van der Waals surface area contributed by atoms with Gasteiger partial charge in [-0.3, -0.25) is 0 Å². The summed E-state index contributed by atoms with van der Waals surface area (Å²) in [5.41, 5.74) is 3.38. The Hall–Kier alpha value is -3.19. The topological polar surface area (TPSA) is 63.6 Å². The number of anilines is 1. The van der Waals surface area contributed by atoms with Crippen LogP contribution in [-0.2, 0) is 13.0 Å². The van der Waals surface area contributed by atoms with E-state index in [9.17, 15) is 4.39 Å². The van der Waals surface area contributed by atoms with Crippen LogP contribution in [-0.4, -0.2) is 20.2 Å². The summed E-state index contributed by atoms with van der Waals surface area (Å²) in [6.07, 6.45) is 2.33. The van der Waals surface area contributed by atoms with Gasteiger partial charge in [-0.1, -0.05) is 42.5 Å². The van der Waals surface area contributed by atoms with Crippen LogP contribution in [0.3, 0.4) is 0 Å². The number of nitrogens with one attached hydrogen (secondary N) is 1. The van der Waals surface area contributed by atoms with Gasteiger partial charge in [-0.05, 0) is 17.7 Å². The van der Waals surface area contributed by atoms with Crippen molar-refractivity contribution in [1.82, 2.24) is 20.2 Å². The molecule has 0 radical (unpaired) electrons. The van der Waals surface area contributed by atoms with E-state index in [1.165, 1.54) is 23.9 Å². The van der Waals surface area contributed by atoms with Gasteiger partial charge in [0.1, 0.15) is 5.82 Å². The highest BCUT2D eigenvalue weighted by Crippen LogP contribution is 2.18. The lowest BCUT2D eigenvalue weighted by molar-refractivity contribution is 0.628. The predicted octanol–water partition coefficient (Wildman–Crippen LogP) is 4.34. The van der Waals surface area contributed by atoms with Crippen molar-refractivity contribution in [2.45, 2.75) is 13.0 Å². The minimum atomic E-state index is -0.311. The molecule has 2 heterocycles. The number of rotatable bonds is 6. The molecule has 5 nitrogen and oxygen atoms in total. The second-order valence-corrected chi connectivity index (χ2v) is 6.87. The summed E-state index contributed by atoms with van der Waals surface area (Å²) in [5, 5.41) is 14.1. The van der Waals surface area contributed by atoms with Crippen molar-refractivity contribution in [3.05, 3.63) is 88.3 Å². The van der Waals surface area contributed by atoms with Crippen molar-refractivity contribution in [2.24, 2.45) is 0 Å². The molecule has 0 saturated carbocycles. The van der Waals surface area contributed by atoms with Crippen LogP contribution in [0.25, 0.3) is 11.3 Å². The zero-order valence-electron chi connectivity index (χ0n) is 14.3. The van der Waals surface area contributed by atoms with E-state index in [2.05, 4.69) is 37.6 Å². The molecular formula is C20H16FN5S. The molecule has 0 aliphatic rings.